The molecular formula is C20H28N4O6. The van der Waals surface area contributed by atoms with Crippen LogP contribution in [0.2, 0.25) is 0 Å². The number of fused-ring (bicyclic) bond motifs is 1. The molecule has 3 heterocycles. The van der Waals surface area contributed by atoms with Crippen LogP contribution in [0, 0.1) is 0 Å². The lowest BCUT2D eigenvalue weighted by molar-refractivity contribution is -0.151. The standard InChI is InChI=1S/C20H28N4O6/c1-4-6-7-15(25)23-19-12-8-9-14(24(12)22-11-21-19)20(3)18(28)17(27)13(30-20)10-29-16(26)5-2/h8-9,11,13,17-18,27-28H,4-7,10H2,1-3H3,(H,21,22,23,25)/t13-,17-,18-,20+/m1/s1. The smallest absolute Gasteiger partial charge is 0.305 e. The number of unbranched alkanes of at least 4 members (excludes halogenated alkanes) is 1. The minimum Gasteiger partial charge on any atom is -0.463 e. The minimum absolute atomic E-state index is 0.142. The van der Waals surface area contributed by atoms with Crippen LogP contribution in [-0.2, 0) is 24.7 Å². The molecule has 2 aromatic rings. The molecule has 1 aliphatic heterocycles. The highest BCUT2D eigenvalue weighted by molar-refractivity contribution is 5.93. The fourth-order valence-electron chi connectivity index (χ4n) is 3.54. The molecule has 1 amide bonds. The Kier molecular flexibility index (Phi) is 6.69. The van der Waals surface area contributed by atoms with Crippen molar-refractivity contribution < 1.29 is 29.3 Å². The first kappa shape index (κ1) is 22.1. The van der Waals surface area contributed by atoms with Crippen LogP contribution in [0.1, 0.15) is 52.1 Å². The van der Waals surface area contributed by atoms with Gasteiger partial charge in [0.25, 0.3) is 0 Å². The van der Waals surface area contributed by atoms with Gasteiger partial charge in [0.05, 0.1) is 5.69 Å². The first-order valence-corrected chi connectivity index (χ1v) is 10.1. The lowest BCUT2D eigenvalue weighted by Crippen LogP contribution is -2.39. The maximum atomic E-state index is 12.1. The van der Waals surface area contributed by atoms with E-state index in [1.54, 1.807) is 26.0 Å². The van der Waals surface area contributed by atoms with Gasteiger partial charge >= 0.3 is 5.97 Å². The summed E-state index contributed by atoms with van der Waals surface area (Å²) in [6.45, 7) is 5.13. The van der Waals surface area contributed by atoms with Crippen LogP contribution in [0.5, 0.6) is 0 Å². The summed E-state index contributed by atoms with van der Waals surface area (Å²) in [5.41, 5.74) is -0.308. The van der Waals surface area contributed by atoms with Gasteiger partial charge in [-0.25, -0.2) is 9.50 Å². The number of carbonyl (C=O) groups excluding carboxylic acids is 2. The maximum absolute atomic E-state index is 12.1. The Bertz CT molecular complexity index is 916. The zero-order valence-corrected chi connectivity index (χ0v) is 17.4. The second-order valence-corrected chi connectivity index (χ2v) is 7.51. The quantitative estimate of drug-likeness (QED) is 0.541. The molecule has 1 fully saturated rings. The van der Waals surface area contributed by atoms with E-state index in [4.69, 9.17) is 9.47 Å². The van der Waals surface area contributed by atoms with Gasteiger partial charge in [0.1, 0.15) is 42.4 Å². The van der Waals surface area contributed by atoms with E-state index in [1.165, 1.54) is 10.8 Å². The van der Waals surface area contributed by atoms with Crippen molar-refractivity contribution in [2.45, 2.75) is 70.4 Å². The number of hydrogen-bond donors (Lipinski definition) is 3. The molecule has 3 rings (SSSR count). The second-order valence-electron chi connectivity index (χ2n) is 7.51. The highest BCUT2D eigenvalue weighted by atomic mass is 16.6. The fourth-order valence-corrected chi connectivity index (χ4v) is 3.54. The number of rotatable bonds is 8. The molecule has 0 spiro atoms. The molecule has 164 valence electrons. The topological polar surface area (TPSA) is 135 Å². The van der Waals surface area contributed by atoms with Crippen molar-refractivity contribution in [1.29, 1.82) is 0 Å². The Hall–Kier alpha value is -2.56. The first-order valence-electron chi connectivity index (χ1n) is 10.1. The maximum Gasteiger partial charge on any atom is 0.305 e. The number of carbonyl (C=O) groups is 2. The summed E-state index contributed by atoms with van der Waals surface area (Å²) in [5, 5.41) is 28.2. The molecule has 3 N–H and O–H groups in total. The van der Waals surface area contributed by atoms with E-state index in [9.17, 15) is 19.8 Å². The van der Waals surface area contributed by atoms with E-state index >= 15 is 0 Å². The van der Waals surface area contributed by atoms with Crippen molar-refractivity contribution >= 4 is 23.2 Å². The molecule has 10 nitrogen and oxygen atoms in total. The van der Waals surface area contributed by atoms with Gasteiger partial charge in [0.2, 0.25) is 5.91 Å². The summed E-state index contributed by atoms with van der Waals surface area (Å²) in [6, 6.07) is 3.41. The Morgan fingerprint density at radius 1 is 1.33 bits per heavy atom. The van der Waals surface area contributed by atoms with E-state index in [2.05, 4.69) is 15.4 Å². The molecule has 10 heteroatoms. The van der Waals surface area contributed by atoms with Crippen molar-refractivity contribution in [1.82, 2.24) is 14.6 Å². The van der Waals surface area contributed by atoms with Crippen LogP contribution in [-0.4, -0.2) is 61.6 Å². The molecule has 1 saturated heterocycles. The molecule has 0 unspecified atom stereocenters. The zero-order valence-electron chi connectivity index (χ0n) is 17.4. The molecule has 0 aromatic carbocycles. The van der Waals surface area contributed by atoms with Gasteiger partial charge < -0.3 is 25.0 Å². The number of ether oxygens (including phenoxy) is 2. The Labute approximate surface area is 174 Å². The Morgan fingerprint density at radius 2 is 2.10 bits per heavy atom. The zero-order chi connectivity index (χ0) is 21.9. The third-order valence-electron chi connectivity index (χ3n) is 5.34. The van der Waals surface area contributed by atoms with Crippen LogP contribution in [0.25, 0.3) is 5.52 Å². The van der Waals surface area contributed by atoms with Crippen molar-refractivity contribution in [3.05, 3.63) is 24.2 Å². The fraction of sp³-hybridized carbons (Fsp3) is 0.600. The van der Waals surface area contributed by atoms with E-state index in [0.29, 0.717) is 23.4 Å². The number of hydrogen-bond acceptors (Lipinski definition) is 8. The lowest BCUT2D eigenvalue weighted by Gasteiger charge is -2.27. The average molecular weight is 420 g/mol. The molecule has 0 saturated carbocycles. The summed E-state index contributed by atoms with van der Waals surface area (Å²) in [5.74, 6) is -0.211. The summed E-state index contributed by atoms with van der Waals surface area (Å²) in [6.07, 6.45) is 0.166. The SMILES string of the molecule is CCCCC(=O)Nc1ncnn2c([C@]3(C)O[C@H](COC(=O)CC)[C@@H](O)[C@H]3O)ccc12. The Balaban J connectivity index is 1.86. The van der Waals surface area contributed by atoms with E-state index in [0.717, 1.165) is 12.8 Å². The van der Waals surface area contributed by atoms with Crippen molar-refractivity contribution in [3.8, 4) is 0 Å². The van der Waals surface area contributed by atoms with E-state index in [1.807, 2.05) is 6.92 Å². The number of aliphatic hydroxyl groups excluding tert-OH is 2. The average Bonchev–Trinajstić information content (AvgIpc) is 3.27. The van der Waals surface area contributed by atoms with Crippen LogP contribution >= 0.6 is 0 Å². The van der Waals surface area contributed by atoms with Gasteiger partial charge in [-0.2, -0.15) is 5.10 Å². The number of esters is 1. The van der Waals surface area contributed by atoms with E-state index in [-0.39, 0.29) is 18.9 Å². The molecule has 0 aliphatic carbocycles. The van der Waals surface area contributed by atoms with Crippen LogP contribution in [0.4, 0.5) is 5.82 Å². The number of anilines is 1. The largest absolute Gasteiger partial charge is 0.463 e. The van der Waals surface area contributed by atoms with Crippen molar-refractivity contribution in [3.63, 3.8) is 0 Å². The lowest BCUT2D eigenvalue weighted by atomic mass is 9.93. The highest BCUT2D eigenvalue weighted by Gasteiger charge is 2.53. The van der Waals surface area contributed by atoms with Crippen molar-refractivity contribution in [2.24, 2.45) is 0 Å². The number of aliphatic hydroxyl groups is 2. The molecule has 2 aromatic heterocycles. The second kappa shape index (κ2) is 9.07. The third-order valence-corrected chi connectivity index (χ3v) is 5.34. The molecule has 4 atom stereocenters. The minimum atomic E-state index is -1.31. The number of nitrogens with zero attached hydrogens (tertiary/aromatic N) is 3. The first-order chi connectivity index (χ1) is 14.3. The predicted octanol–water partition coefficient (Wildman–Crippen LogP) is 1.15. The third kappa shape index (κ3) is 4.16. The van der Waals surface area contributed by atoms with Crippen molar-refractivity contribution in [2.75, 3.05) is 11.9 Å². The highest BCUT2D eigenvalue weighted by Crippen LogP contribution is 2.40. The number of nitrogens with one attached hydrogen (secondary N) is 1. The molecule has 1 aliphatic rings. The summed E-state index contributed by atoms with van der Waals surface area (Å²) >= 11 is 0. The predicted molar refractivity (Wildman–Crippen MR) is 107 cm³/mol. The molecule has 0 bridgehead atoms. The van der Waals surface area contributed by atoms with E-state index < -0.39 is 29.9 Å². The monoisotopic (exact) mass is 420 g/mol. The number of amides is 1. The van der Waals surface area contributed by atoms with Gasteiger partial charge in [-0.1, -0.05) is 20.3 Å². The molecule has 0 radical (unpaired) electrons. The summed E-state index contributed by atoms with van der Waals surface area (Å²) < 4.78 is 12.5. The van der Waals surface area contributed by atoms with Gasteiger partial charge in [-0.3, -0.25) is 9.59 Å². The molecule has 30 heavy (non-hydrogen) atoms. The molecular weight excluding hydrogens is 392 g/mol. The normalized spacial score (nSPS) is 26.1. The Morgan fingerprint density at radius 3 is 2.80 bits per heavy atom. The van der Waals surface area contributed by atoms with Gasteiger partial charge in [0, 0.05) is 12.8 Å². The number of aromatic nitrogens is 3. The van der Waals surface area contributed by atoms with Gasteiger partial charge in [-0.15, -0.1) is 0 Å². The van der Waals surface area contributed by atoms with Gasteiger partial charge in [0.15, 0.2) is 5.82 Å². The van der Waals surface area contributed by atoms with Crippen LogP contribution < -0.4 is 5.32 Å². The van der Waals surface area contributed by atoms with Gasteiger partial charge in [-0.05, 0) is 25.5 Å². The van der Waals surface area contributed by atoms with Crippen LogP contribution in [0.15, 0.2) is 18.5 Å². The summed E-state index contributed by atoms with van der Waals surface area (Å²) in [4.78, 5) is 27.7. The summed E-state index contributed by atoms with van der Waals surface area (Å²) in [7, 11) is 0. The van der Waals surface area contributed by atoms with Crippen LogP contribution in [0.3, 0.4) is 0 Å².